The van der Waals surface area contributed by atoms with Crippen LogP contribution in [0.4, 0.5) is 13.2 Å². The second-order valence-electron chi connectivity index (χ2n) is 10.2. The fourth-order valence-corrected chi connectivity index (χ4v) is 5.72. The predicted octanol–water partition coefficient (Wildman–Crippen LogP) is 5.17. The highest BCUT2D eigenvalue weighted by molar-refractivity contribution is 6.00. The van der Waals surface area contributed by atoms with Gasteiger partial charge in [-0.25, -0.2) is 0 Å². The van der Waals surface area contributed by atoms with E-state index >= 15 is 0 Å². The van der Waals surface area contributed by atoms with E-state index in [-0.39, 0.29) is 12.0 Å². The van der Waals surface area contributed by atoms with E-state index in [4.69, 9.17) is 0 Å². The van der Waals surface area contributed by atoms with Gasteiger partial charge in [0.1, 0.15) is 0 Å². The number of rotatable bonds is 3. The van der Waals surface area contributed by atoms with E-state index in [1.165, 1.54) is 0 Å². The Balaban J connectivity index is 1.83. The Labute approximate surface area is 207 Å². The van der Waals surface area contributed by atoms with Gasteiger partial charge >= 0.3 is 6.18 Å². The van der Waals surface area contributed by atoms with Crippen LogP contribution in [0.15, 0.2) is 63.1 Å². The third kappa shape index (κ3) is 3.61. The molecule has 0 bridgehead atoms. The highest BCUT2D eigenvalue weighted by atomic mass is 19.4. The molecule has 36 heavy (non-hydrogen) atoms. The van der Waals surface area contributed by atoms with E-state index in [0.29, 0.717) is 28.9 Å². The van der Waals surface area contributed by atoms with E-state index in [2.05, 4.69) is 31.1 Å². The van der Waals surface area contributed by atoms with Gasteiger partial charge in [-0.2, -0.15) is 28.5 Å². The zero-order chi connectivity index (χ0) is 26.0. The first-order valence-corrected chi connectivity index (χ1v) is 11.8. The molecule has 5 rings (SSSR count). The first kappa shape index (κ1) is 24.1. The molecule has 0 aliphatic carbocycles. The van der Waals surface area contributed by atoms with E-state index in [9.17, 15) is 18.0 Å². The van der Waals surface area contributed by atoms with Crippen LogP contribution in [0, 0.1) is 13.8 Å². The number of amides is 1. The summed E-state index contributed by atoms with van der Waals surface area (Å²) in [6.45, 7) is 9.23. The van der Waals surface area contributed by atoms with E-state index in [0.717, 1.165) is 16.8 Å². The van der Waals surface area contributed by atoms with Crippen molar-refractivity contribution >= 4 is 5.91 Å². The minimum atomic E-state index is -4.72. The summed E-state index contributed by atoms with van der Waals surface area (Å²) in [4.78, 5) is 13.6. The Morgan fingerprint density at radius 3 is 2.58 bits per heavy atom. The van der Waals surface area contributed by atoms with Crippen molar-refractivity contribution < 1.29 is 18.0 Å². The Bertz CT molecular complexity index is 1370. The molecule has 1 unspecified atom stereocenters. The number of hydrogen-bond acceptors (Lipinski definition) is 6. The molecule has 0 saturated carbocycles. The number of halogens is 3. The monoisotopic (exact) mass is 496 g/mol. The van der Waals surface area contributed by atoms with Crippen molar-refractivity contribution in [2.45, 2.75) is 70.8 Å². The summed E-state index contributed by atoms with van der Waals surface area (Å²) in [5, 5.41) is 22.0. The lowest BCUT2D eigenvalue weighted by molar-refractivity contribution is -0.120. The van der Waals surface area contributed by atoms with Crippen molar-refractivity contribution in [3.8, 4) is 11.1 Å². The van der Waals surface area contributed by atoms with Gasteiger partial charge in [0.2, 0.25) is 0 Å². The van der Waals surface area contributed by atoms with Gasteiger partial charge in [-0.05, 0) is 57.4 Å². The summed E-state index contributed by atoms with van der Waals surface area (Å²) in [6, 6.07) is 9.22. The number of hydrogen-bond donors (Lipinski definition) is 2. The van der Waals surface area contributed by atoms with Crippen molar-refractivity contribution in [1.29, 1.82) is 0 Å². The minimum absolute atomic E-state index is 0.0380. The molecule has 2 aromatic rings. The Morgan fingerprint density at radius 2 is 1.89 bits per heavy atom. The number of azo groups is 1. The highest BCUT2D eigenvalue weighted by Gasteiger charge is 2.57. The van der Waals surface area contributed by atoms with Crippen LogP contribution in [0.2, 0.25) is 0 Å². The maximum atomic E-state index is 14.2. The fourth-order valence-electron chi connectivity index (χ4n) is 5.72. The van der Waals surface area contributed by atoms with Gasteiger partial charge in [-0.1, -0.05) is 25.1 Å². The molecular weight excluding hydrogens is 469 g/mol. The van der Waals surface area contributed by atoms with Crippen LogP contribution in [0.3, 0.4) is 0 Å². The maximum Gasteiger partial charge on any atom is 0.435 e. The van der Waals surface area contributed by atoms with Crippen molar-refractivity contribution in [2.75, 3.05) is 0 Å². The zero-order valence-electron chi connectivity index (χ0n) is 20.7. The number of nitrogens with zero attached hydrogens (tertiary/aromatic N) is 4. The summed E-state index contributed by atoms with van der Waals surface area (Å²) < 4.78 is 42.7. The lowest BCUT2D eigenvalue weighted by Crippen LogP contribution is -2.58. The van der Waals surface area contributed by atoms with Crippen LogP contribution in [-0.2, 0) is 10.2 Å². The lowest BCUT2D eigenvalue weighted by Gasteiger charge is -2.48. The first-order valence-electron chi connectivity index (χ1n) is 11.8. The van der Waals surface area contributed by atoms with Crippen LogP contribution < -0.4 is 10.6 Å². The molecule has 4 heterocycles. The normalized spacial score (nSPS) is 24.9. The number of aryl methyl sites for hydroxylation is 2. The van der Waals surface area contributed by atoms with E-state index in [1.807, 2.05) is 45.9 Å². The topological polar surface area (TPSA) is 91.6 Å². The lowest BCUT2D eigenvalue weighted by atomic mass is 9.61. The summed E-state index contributed by atoms with van der Waals surface area (Å²) in [6.07, 6.45) is -5.08. The number of nitrogens with one attached hydrogen (secondary N) is 2. The molecule has 0 radical (unpaired) electrons. The third-order valence-corrected chi connectivity index (χ3v) is 7.16. The zero-order valence-corrected chi connectivity index (χ0v) is 20.7. The van der Waals surface area contributed by atoms with Crippen LogP contribution in [0.5, 0.6) is 0 Å². The Hall–Kier alpha value is -3.56. The molecule has 1 amide bonds. The number of benzene rings is 1. The van der Waals surface area contributed by atoms with Crippen molar-refractivity contribution in [3.05, 3.63) is 69.8 Å². The number of carbonyl (C=O) groups excluding carboxylic acids is 1. The molecule has 2 N–H and O–H groups in total. The molecule has 2 atom stereocenters. The number of fused-ring (bicyclic) bond motifs is 1. The van der Waals surface area contributed by atoms with Crippen LogP contribution >= 0.6 is 0 Å². The highest BCUT2D eigenvalue weighted by Crippen LogP contribution is 2.55. The van der Waals surface area contributed by atoms with Crippen molar-refractivity contribution in [3.63, 3.8) is 0 Å². The average molecular weight is 497 g/mol. The van der Waals surface area contributed by atoms with Crippen molar-refractivity contribution in [2.24, 2.45) is 10.2 Å². The molecule has 10 heteroatoms. The van der Waals surface area contributed by atoms with E-state index in [1.54, 1.807) is 19.1 Å². The molecule has 1 aromatic heterocycles. The van der Waals surface area contributed by atoms with Crippen LogP contribution in [-0.4, -0.2) is 34.0 Å². The smallest absolute Gasteiger partial charge is 0.362 e. The summed E-state index contributed by atoms with van der Waals surface area (Å²) >= 11 is 0. The summed E-state index contributed by atoms with van der Waals surface area (Å²) in [7, 11) is 0. The van der Waals surface area contributed by atoms with E-state index < -0.39 is 34.9 Å². The van der Waals surface area contributed by atoms with Gasteiger partial charge in [0.15, 0.2) is 11.9 Å². The van der Waals surface area contributed by atoms with Gasteiger partial charge in [0.05, 0.1) is 22.4 Å². The van der Waals surface area contributed by atoms with Crippen LogP contribution in [0.25, 0.3) is 11.1 Å². The van der Waals surface area contributed by atoms with Gasteiger partial charge in [0, 0.05) is 28.8 Å². The maximum absolute atomic E-state index is 14.2. The van der Waals surface area contributed by atoms with Gasteiger partial charge in [0.25, 0.3) is 5.91 Å². The Kier molecular flexibility index (Phi) is 5.35. The van der Waals surface area contributed by atoms with Gasteiger partial charge < -0.3 is 10.6 Å². The molecule has 0 spiro atoms. The molecule has 0 fully saturated rings. The Morgan fingerprint density at radius 1 is 1.14 bits per heavy atom. The molecule has 7 nitrogen and oxygen atoms in total. The average Bonchev–Trinajstić information content (AvgIpc) is 3.23. The molecule has 1 aromatic carbocycles. The fraction of sp³-hybridized carbons (Fsp3) is 0.423. The van der Waals surface area contributed by atoms with Gasteiger partial charge in [-0.15, -0.1) is 5.11 Å². The standard InChI is InChI=1S/C26H27F3N6O/c1-6-25(16-9-7-8-15(11-16)17-10-13(2)32-33-14(17)3)19-18(12-24(4,5)31-23(19)36)30-22-20(25)21(34-35-22)26(27,28)29/h7-11,22,30H,6,12H2,1-5H3,(H,31,36)/t22?,25-/m0/s1. The second kappa shape index (κ2) is 7.97. The third-order valence-electron chi connectivity index (χ3n) is 7.16. The predicted molar refractivity (Wildman–Crippen MR) is 128 cm³/mol. The number of alkyl halides is 3. The van der Waals surface area contributed by atoms with Crippen LogP contribution in [0.1, 0.15) is 50.6 Å². The SMILES string of the molecule is CC[C@]1(c2cccc(-c3cc(C)nnc3C)c2)C2=C(CC(C)(C)NC2=O)NC2N=NC(C(F)(F)F)=C21. The molecule has 0 saturated heterocycles. The second-order valence-corrected chi connectivity index (χ2v) is 10.2. The molecule has 3 aliphatic rings. The summed E-state index contributed by atoms with van der Waals surface area (Å²) in [5.41, 5.74) is 1.48. The number of carbonyl (C=O) groups is 1. The first-order chi connectivity index (χ1) is 16.9. The quantitative estimate of drug-likeness (QED) is 0.613. The number of aromatic nitrogens is 2. The van der Waals surface area contributed by atoms with Crippen molar-refractivity contribution in [1.82, 2.24) is 20.8 Å². The van der Waals surface area contributed by atoms with Gasteiger partial charge in [-0.3, -0.25) is 4.79 Å². The minimum Gasteiger partial charge on any atom is -0.362 e. The number of allylic oxidation sites excluding steroid dienone is 1. The molecule has 188 valence electrons. The molecule has 3 aliphatic heterocycles. The largest absolute Gasteiger partial charge is 0.435 e. The molecular formula is C26H27F3N6O. The summed E-state index contributed by atoms with van der Waals surface area (Å²) in [5.74, 6) is -0.391.